The molecular formula is C22H20F3N3O3. The number of nitrogens with one attached hydrogen (secondary N) is 1. The summed E-state index contributed by atoms with van der Waals surface area (Å²) >= 11 is 0. The third kappa shape index (κ3) is 4.82. The van der Waals surface area contributed by atoms with Crippen molar-refractivity contribution >= 4 is 11.6 Å². The van der Waals surface area contributed by atoms with Gasteiger partial charge in [0.2, 0.25) is 0 Å². The molecular weight excluding hydrogens is 411 g/mol. The number of carbonyl (C=O) groups is 1. The van der Waals surface area contributed by atoms with E-state index in [9.17, 15) is 18.0 Å². The molecule has 1 N–H and O–H groups in total. The summed E-state index contributed by atoms with van der Waals surface area (Å²) in [5.41, 5.74) is 1.92. The van der Waals surface area contributed by atoms with Crippen LogP contribution in [0.25, 0.3) is 11.3 Å². The van der Waals surface area contributed by atoms with Crippen LogP contribution in [0.3, 0.4) is 0 Å². The van der Waals surface area contributed by atoms with E-state index in [1.165, 1.54) is 19.2 Å². The van der Waals surface area contributed by atoms with E-state index in [0.717, 1.165) is 49.0 Å². The number of aromatic nitrogens is 2. The lowest BCUT2D eigenvalue weighted by Crippen LogP contribution is -2.21. The number of amides is 1. The second-order valence-corrected chi connectivity index (χ2v) is 7.13. The summed E-state index contributed by atoms with van der Waals surface area (Å²) in [7, 11) is 1.31. The van der Waals surface area contributed by atoms with Gasteiger partial charge in [-0.05, 0) is 37.1 Å². The number of methoxy groups -OCH3 is 1. The van der Waals surface area contributed by atoms with Crippen molar-refractivity contribution in [3.8, 4) is 22.8 Å². The molecule has 0 spiro atoms. The van der Waals surface area contributed by atoms with Crippen LogP contribution in [0, 0.1) is 0 Å². The molecule has 0 saturated heterocycles. The molecule has 0 atom stereocenters. The average Bonchev–Trinajstić information content (AvgIpc) is 3.17. The maximum atomic E-state index is 12.7. The highest BCUT2D eigenvalue weighted by atomic mass is 19.4. The Balaban J connectivity index is 1.52. The zero-order chi connectivity index (χ0) is 22.0. The molecule has 0 unspecified atom stereocenters. The topological polar surface area (TPSA) is 65.4 Å². The quantitative estimate of drug-likeness (QED) is 0.614. The fourth-order valence-corrected chi connectivity index (χ4v) is 3.50. The van der Waals surface area contributed by atoms with Crippen molar-refractivity contribution in [2.24, 2.45) is 0 Å². The summed E-state index contributed by atoms with van der Waals surface area (Å²) in [6.07, 6.45) is 0.303. The molecule has 1 aromatic heterocycles. The van der Waals surface area contributed by atoms with Gasteiger partial charge in [0.1, 0.15) is 17.3 Å². The maximum Gasteiger partial charge on any atom is 0.573 e. The standard InChI is InChI=1S/C22H20F3N3O3/c1-30-16-9-10-17(19(12-16)31-22(23,24)25)21(29)26-15-7-5-14(6-8-15)18-13-28-11-3-2-4-20(28)27-18/h5-10,12-13H,2-4,11H2,1H3,(H,26,29). The largest absolute Gasteiger partial charge is 0.573 e. The fourth-order valence-electron chi connectivity index (χ4n) is 3.50. The molecule has 0 aliphatic carbocycles. The summed E-state index contributed by atoms with van der Waals surface area (Å²) in [6, 6.07) is 10.6. The number of nitrogens with zero attached hydrogens (tertiary/aromatic N) is 2. The second kappa shape index (κ2) is 8.33. The molecule has 2 heterocycles. The Labute approximate surface area is 176 Å². The predicted molar refractivity (Wildman–Crippen MR) is 108 cm³/mol. The highest BCUT2D eigenvalue weighted by Crippen LogP contribution is 2.31. The molecule has 0 saturated carbocycles. The Hall–Kier alpha value is -3.49. The average molecular weight is 431 g/mol. The van der Waals surface area contributed by atoms with Crippen LogP contribution in [0.4, 0.5) is 18.9 Å². The molecule has 3 aromatic rings. The maximum absolute atomic E-state index is 12.7. The Morgan fingerprint density at radius 3 is 2.58 bits per heavy atom. The van der Waals surface area contributed by atoms with E-state index in [4.69, 9.17) is 4.74 Å². The van der Waals surface area contributed by atoms with Crippen LogP contribution in [-0.2, 0) is 13.0 Å². The lowest BCUT2D eigenvalue weighted by Gasteiger charge is -2.14. The number of benzene rings is 2. The van der Waals surface area contributed by atoms with Gasteiger partial charge in [-0.15, -0.1) is 13.2 Å². The van der Waals surface area contributed by atoms with E-state index in [1.807, 2.05) is 18.3 Å². The highest BCUT2D eigenvalue weighted by Gasteiger charge is 2.33. The minimum Gasteiger partial charge on any atom is -0.497 e. The number of hydrogen-bond acceptors (Lipinski definition) is 4. The summed E-state index contributed by atoms with van der Waals surface area (Å²) in [5.74, 6) is -0.157. The Kier molecular flexibility index (Phi) is 5.58. The number of carbonyl (C=O) groups excluding carboxylic acids is 1. The molecule has 4 rings (SSSR count). The van der Waals surface area contributed by atoms with Crippen molar-refractivity contribution < 1.29 is 27.4 Å². The first-order valence-electron chi connectivity index (χ1n) is 9.74. The van der Waals surface area contributed by atoms with Gasteiger partial charge in [0.25, 0.3) is 5.91 Å². The van der Waals surface area contributed by atoms with Crippen molar-refractivity contribution in [3.05, 3.63) is 60.0 Å². The third-order valence-electron chi connectivity index (χ3n) is 5.01. The summed E-state index contributed by atoms with van der Waals surface area (Å²) < 4.78 is 49.3. The first-order valence-corrected chi connectivity index (χ1v) is 9.74. The molecule has 0 fully saturated rings. The van der Waals surface area contributed by atoms with Gasteiger partial charge < -0.3 is 19.4 Å². The molecule has 162 valence electrons. The lowest BCUT2D eigenvalue weighted by atomic mass is 10.1. The Morgan fingerprint density at radius 1 is 1.13 bits per heavy atom. The zero-order valence-corrected chi connectivity index (χ0v) is 16.7. The number of fused-ring (bicyclic) bond motifs is 1. The van der Waals surface area contributed by atoms with E-state index >= 15 is 0 Å². The van der Waals surface area contributed by atoms with Gasteiger partial charge in [0.05, 0.1) is 18.4 Å². The molecule has 0 radical (unpaired) electrons. The van der Waals surface area contributed by atoms with Crippen molar-refractivity contribution in [1.82, 2.24) is 9.55 Å². The number of aryl methyl sites for hydroxylation is 2. The van der Waals surface area contributed by atoms with Crippen LogP contribution in [-0.4, -0.2) is 28.9 Å². The molecule has 1 aliphatic heterocycles. The van der Waals surface area contributed by atoms with Crippen LogP contribution in [0.1, 0.15) is 29.0 Å². The van der Waals surface area contributed by atoms with Crippen molar-refractivity contribution in [2.45, 2.75) is 32.2 Å². The number of imidazole rings is 1. The monoisotopic (exact) mass is 431 g/mol. The van der Waals surface area contributed by atoms with Gasteiger partial charge in [-0.2, -0.15) is 0 Å². The van der Waals surface area contributed by atoms with Gasteiger partial charge >= 0.3 is 6.36 Å². The molecule has 0 bridgehead atoms. The van der Waals surface area contributed by atoms with Gasteiger partial charge in [-0.1, -0.05) is 12.1 Å². The third-order valence-corrected chi connectivity index (χ3v) is 5.01. The predicted octanol–water partition coefficient (Wildman–Crippen LogP) is 5.05. The highest BCUT2D eigenvalue weighted by molar-refractivity contribution is 6.06. The van der Waals surface area contributed by atoms with Crippen LogP contribution in [0.15, 0.2) is 48.7 Å². The number of rotatable bonds is 5. The van der Waals surface area contributed by atoms with E-state index in [-0.39, 0.29) is 11.3 Å². The number of anilines is 1. The molecule has 9 heteroatoms. The summed E-state index contributed by atoms with van der Waals surface area (Å²) in [6.45, 7) is 0.959. The van der Waals surface area contributed by atoms with Crippen molar-refractivity contribution in [1.29, 1.82) is 0 Å². The van der Waals surface area contributed by atoms with E-state index < -0.39 is 18.0 Å². The lowest BCUT2D eigenvalue weighted by molar-refractivity contribution is -0.274. The van der Waals surface area contributed by atoms with Gasteiger partial charge in [-0.25, -0.2) is 4.98 Å². The normalized spacial score (nSPS) is 13.4. The Morgan fingerprint density at radius 2 is 1.90 bits per heavy atom. The second-order valence-electron chi connectivity index (χ2n) is 7.13. The van der Waals surface area contributed by atoms with Crippen molar-refractivity contribution in [3.63, 3.8) is 0 Å². The summed E-state index contributed by atoms with van der Waals surface area (Å²) in [4.78, 5) is 17.3. The zero-order valence-electron chi connectivity index (χ0n) is 16.7. The SMILES string of the molecule is COc1ccc(C(=O)Nc2ccc(-c3cn4c(n3)CCCC4)cc2)c(OC(F)(F)F)c1. The van der Waals surface area contributed by atoms with Gasteiger partial charge in [0.15, 0.2) is 0 Å². The van der Waals surface area contributed by atoms with Crippen LogP contribution >= 0.6 is 0 Å². The molecule has 2 aromatic carbocycles. The smallest absolute Gasteiger partial charge is 0.497 e. The number of halogens is 3. The van der Waals surface area contributed by atoms with Crippen LogP contribution in [0.5, 0.6) is 11.5 Å². The molecule has 31 heavy (non-hydrogen) atoms. The van der Waals surface area contributed by atoms with Crippen LogP contribution < -0.4 is 14.8 Å². The fraction of sp³-hybridized carbons (Fsp3) is 0.273. The molecule has 1 aliphatic rings. The molecule has 6 nitrogen and oxygen atoms in total. The minimum absolute atomic E-state index is 0.142. The first kappa shape index (κ1) is 20.8. The van der Waals surface area contributed by atoms with E-state index in [2.05, 4.69) is 19.6 Å². The number of alkyl halides is 3. The minimum atomic E-state index is -4.94. The van der Waals surface area contributed by atoms with E-state index in [1.54, 1.807) is 12.1 Å². The number of ether oxygens (including phenoxy) is 2. The van der Waals surface area contributed by atoms with Crippen molar-refractivity contribution in [2.75, 3.05) is 12.4 Å². The summed E-state index contributed by atoms with van der Waals surface area (Å²) in [5, 5.41) is 2.60. The molecule has 1 amide bonds. The van der Waals surface area contributed by atoms with E-state index in [0.29, 0.717) is 5.69 Å². The first-order chi connectivity index (χ1) is 14.8. The van der Waals surface area contributed by atoms with Gasteiger partial charge in [-0.3, -0.25) is 4.79 Å². The van der Waals surface area contributed by atoms with Gasteiger partial charge in [0, 0.05) is 36.5 Å². The van der Waals surface area contributed by atoms with Crippen LogP contribution in [0.2, 0.25) is 0 Å². The number of hydrogen-bond donors (Lipinski definition) is 1. The Bertz CT molecular complexity index is 1070.